The zero-order valence-corrected chi connectivity index (χ0v) is 12.0. The minimum Gasteiger partial charge on any atom is -0.544 e. The van der Waals surface area contributed by atoms with Gasteiger partial charge in [-0.1, -0.05) is 12.1 Å². The van der Waals surface area contributed by atoms with E-state index >= 15 is 0 Å². The third-order valence-electron chi connectivity index (χ3n) is 2.80. The van der Waals surface area contributed by atoms with Crippen LogP contribution in [-0.4, -0.2) is 42.8 Å². The van der Waals surface area contributed by atoms with Crippen LogP contribution in [0.5, 0.6) is 5.75 Å². The number of aliphatic carboxylic acids is 1. The third kappa shape index (κ3) is 3.37. The van der Waals surface area contributed by atoms with Gasteiger partial charge in [-0.15, -0.1) is 0 Å². The van der Waals surface area contributed by atoms with E-state index in [9.17, 15) is 45.8 Å². The van der Waals surface area contributed by atoms with E-state index in [1.807, 2.05) is 0 Å². The van der Waals surface area contributed by atoms with Crippen molar-refractivity contribution >= 4 is 17.9 Å². The average molecular weight is 373 g/mol. The van der Waals surface area contributed by atoms with Crippen LogP contribution in [0.15, 0.2) is 24.3 Å². The Labute approximate surface area is 134 Å². The fraction of sp³-hybridized carbons (Fsp3) is 0.308. The Hall–Kier alpha value is -2.79. The maximum Gasteiger partial charge on any atom is 0.411 e. The highest BCUT2D eigenvalue weighted by molar-refractivity contribution is 5.94. The summed E-state index contributed by atoms with van der Waals surface area (Å²) >= 11 is 0. The molecule has 0 aliphatic carbocycles. The molecule has 1 rings (SSSR count). The first-order chi connectivity index (χ1) is 11.3. The second-order valence-corrected chi connectivity index (χ2v) is 4.39. The van der Waals surface area contributed by atoms with Crippen molar-refractivity contribution in [2.45, 2.75) is 17.8 Å². The van der Waals surface area contributed by atoms with Gasteiger partial charge >= 0.3 is 29.7 Å². The number of alkyl halides is 6. The molecule has 0 unspecified atom stereocenters. The van der Waals surface area contributed by atoms with Crippen molar-refractivity contribution in [3.05, 3.63) is 29.8 Å². The van der Waals surface area contributed by atoms with Gasteiger partial charge in [0.25, 0.3) is 0 Å². The van der Waals surface area contributed by atoms with Crippen LogP contribution in [0.4, 0.5) is 26.3 Å². The molecule has 6 nitrogen and oxygen atoms in total. The fourth-order valence-electron chi connectivity index (χ4n) is 1.45. The molecule has 0 aromatic heterocycles. The lowest BCUT2D eigenvalue weighted by molar-refractivity contribution is -0.365. The molecule has 0 fully saturated rings. The maximum atomic E-state index is 13.4. The van der Waals surface area contributed by atoms with Gasteiger partial charge in [-0.2, -0.15) is 26.3 Å². The Morgan fingerprint density at radius 3 is 1.96 bits per heavy atom. The standard InChI is InChI=1S/C13H8F6O6/c1-24-8(20)6-4-2-3-5-7(6)25-10(23)12(16,17)13(18,19)11(14,15)9(21)22/h2-5H,1H3,(H,21,22)/p-1. The second kappa shape index (κ2) is 6.61. The van der Waals surface area contributed by atoms with Gasteiger partial charge < -0.3 is 19.4 Å². The lowest BCUT2D eigenvalue weighted by Crippen LogP contribution is -2.64. The normalized spacial score (nSPS) is 12.4. The number of benzene rings is 1. The predicted molar refractivity (Wildman–Crippen MR) is 63.3 cm³/mol. The van der Waals surface area contributed by atoms with Crippen LogP contribution in [-0.2, 0) is 14.3 Å². The number of carboxylic acid groups (broad SMARTS) is 1. The summed E-state index contributed by atoms with van der Waals surface area (Å²) in [4.78, 5) is 32.6. The van der Waals surface area contributed by atoms with Crippen LogP contribution in [0.25, 0.3) is 0 Å². The van der Waals surface area contributed by atoms with Crippen molar-refractivity contribution in [1.82, 2.24) is 0 Å². The molecule has 1 aromatic carbocycles. The molecule has 0 heterocycles. The molecule has 0 bridgehead atoms. The van der Waals surface area contributed by atoms with Gasteiger partial charge in [0.15, 0.2) is 0 Å². The zero-order chi connectivity index (χ0) is 19.6. The highest BCUT2D eigenvalue weighted by Gasteiger charge is 2.76. The molecule has 0 aliphatic rings. The van der Waals surface area contributed by atoms with Crippen LogP contribution >= 0.6 is 0 Å². The molecule has 0 spiro atoms. The predicted octanol–water partition coefficient (Wildman–Crippen LogP) is 1.03. The topological polar surface area (TPSA) is 92.7 Å². The highest BCUT2D eigenvalue weighted by atomic mass is 19.3. The average Bonchev–Trinajstić information content (AvgIpc) is 2.53. The minimum absolute atomic E-state index is 0.649. The summed E-state index contributed by atoms with van der Waals surface area (Å²) in [6.07, 6.45) is 0. The monoisotopic (exact) mass is 373 g/mol. The molecule has 0 saturated heterocycles. The van der Waals surface area contributed by atoms with Crippen molar-refractivity contribution in [2.24, 2.45) is 0 Å². The number of esters is 2. The second-order valence-electron chi connectivity index (χ2n) is 4.39. The van der Waals surface area contributed by atoms with Gasteiger partial charge in [0.1, 0.15) is 17.3 Å². The van der Waals surface area contributed by atoms with E-state index < -0.39 is 47.0 Å². The van der Waals surface area contributed by atoms with Crippen molar-refractivity contribution in [2.75, 3.05) is 7.11 Å². The van der Waals surface area contributed by atoms with Crippen LogP contribution in [0.2, 0.25) is 0 Å². The highest BCUT2D eigenvalue weighted by Crippen LogP contribution is 2.46. The van der Waals surface area contributed by atoms with Crippen molar-refractivity contribution in [3.63, 3.8) is 0 Å². The van der Waals surface area contributed by atoms with E-state index in [4.69, 9.17) is 0 Å². The summed E-state index contributed by atoms with van der Waals surface area (Å²) in [5.74, 6) is -28.5. The minimum atomic E-state index is -6.67. The van der Waals surface area contributed by atoms with Crippen LogP contribution < -0.4 is 9.84 Å². The number of ether oxygens (including phenoxy) is 2. The molecule has 0 aliphatic heterocycles. The first-order valence-electron chi connectivity index (χ1n) is 6.05. The Balaban J connectivity index is 3.24. The number of carbonyl (C=O) groups is 3. The van der Waals surface area contributed by atoms with Crippen LogP contribution in [0.1, 0.15) is 10.4 Å². The van der Waals surface area contributed by atoms with Crippen molar-refractivity contribution in [1.29, 1.82) is 0 Å². The lowest BCUT2D eigenvalue weighted by atomic mass is 10.0. The van der Waals surface area contributed by atoms with E-state index in [0.717, 1.165) is 25.3 Å². The number of carboxylic acids is 1. The van der Waals surface area contributed by atoms with E-state index in [2.05, 4.69) is 9.47 Å². The number of rotatable bonds is 6. The van der Waals surface area contributed by atoms with Crippen LogP contribution in [0.3, 0.4) is 0 Å². The Morgan fingerprint density at radius 1 is 0.960 bits per heavy atom. The number of halogens is 6. The van der Waals surface area contributed by atoms with Gasteiger partial charge in [-0.05, 0) is 12.1 Å². The van der Waals surface area contributed by atoms with E-state index in [1.54, 1.807) is 0 Å². The van der Waals surface area contributed by atoms with Gasteiger partial charge in [-0.25, -0.2) is 9.59 Å². The first kappa shape index (κ1) is 20.3. The molecule has 0 radical (unpaired) electrons. The Morgan fingerprint density at radius 2 is 1.48 bits per heavy atom. The zero-order valence-electron chi connectivity index (χ0n) is 12.0. The molecular weight excluding hydrogens is 366 g/mol. The van der Waals surface area contributed by atoms with E-state index in [-0.39, 0.29) is 0 Å². The largest absolute Gasteiger partial charge is 0.544 e. The van der Waals surface area contributed by atoms with Crippen molar-refractivity contribution in [3.8, 4) is 5.75 Å². The first-order valence-corrected chi connectivity index (χ1v) is 6.05. The molecule has 25 heavy (non-hydrogen) atoms. The smallest absolute Gasteiger partial charge is 0.411 e. The Kier molecular flexibility index (Phi) is 5.35. The fourth-order valence-corrected chi connectivity index (χ4v) is 1.45. The van der Waals surface area contributed by atoms with E-state index in [1.165, 1.54) is 6.07 Å². The number of hydrogen-bond donors (Lipinski definition) is 0. The molecule has 0 saturated carbocycles. The summed E-state index contributed by atoms with van der Waals surface area (Å²) in [6, 6.07) is 3.83. The summed E-state index contributed by atoms with van der Waals surface area (Å²) in [5.41, 5.74) is -0.649. The Bertz CT molecular complexity index is 702. The SMILES string of the molecule is COC(=O)c1ccccc1OC(=O)C(F)(F)C(F)(F)C(F)(F)C(=O)[O-]. The van der Waals surface area contributed by atoms with Crippen LogP contribution in [0, 0.1) is 0 Å². The van der Waals surface area contributed by atoms with Gasteiger partial charge in [0.05, 0.1) is 7.11 Å². The number of carbonyl (C=O) groups excluding carboxylic acids is 3. The molecule has 1 aromatic rings. The maximum absolute atomic E-state index is 13.4. The lowest BCUT2D eigenvalue weighted by Gasteiger charge is -2.31. The molecule has 138 valence electrons. The van der Waals surface area contributed by atoms with Gasteiger partial charge in [-0.3, -0.25) is 0 Å². The summed E-state index contributed by atoms with van der Waals surface area (Å²) in [5, 5.41) is 9.99. The molecule has 0 atom stereocenters. The number of hydrogen-bond acceptors (Lipinski definition) is 6. The summed E-state index contributed by atoms with van der Waals surface area (Å²) in [7, 11) is 0.865. The van der Waals surface area contributed by atoms with Gasteiger partial charge in [0.2, 0.25) is 0 Å². The summed E-state index contributed by atoms with van der Waals surface area (Å²) < 4.78 is 87.0. The molecule has 0 N–H and O–H groups in total. The van der Waals surface area contributed by atoms with E-state index in [0.29, 0.717) is 0 Å². The van der Waals surface area contributed by atoms with Crippen molar-refractivity contribution < 1.29 is 55.3 Å². The number of para-hydroxylation sites is 1. The quantitative estimate of drug-likeness (QED) is 0.420. The third-order valence-corrected chi connectivity index (χ3v) is 2.80. The van der Waals surface area contributed by atoms with Gasteiger partial charge in [0, 0.05) is 0 Å². The molecule has 12 heteroatoms. The molecular formula is C13H7F6O6-. The summed E-state index contributed by atoms with van der Waals surface area (Å²) in [6.45, 7) is 0. The molecule has 0 amide bonds. The number of methoxy groups -OCH3 is 1.